The van der Waals surface area contributed by atoms with E-state index in [0.717, 1.165) is 53.2 Å². The summed E-state index contributed by atoms with van der Waals surface area (Å²) in [6.07, 6.45) is 7.07. The van der Waals surface area contributed by atoms with E-state index in [9.17, 15) is 42.3 Å². The minimum Gasteiger partial charge on any atom is -0.377 e. The maximum Gasteiger partial charge on any atom is 0.261 e. The van der Waals surface area contributed by atoms with Crippen LogP contribution in [0.15, 0.2) is 0 Å². The maximum absolute atomic E-state index is 15.5. The lowest BCUT2D eigenvalue weighted by Gasteiger charge is -2.38. The van der Waals surface area contributed by atoms with Crippen LogP contribution >= 0.6 is 0 Å². The zero-order valence-corrected chi connectivity index (χ0v) is 62.7. The molecule has 3 heterocycles. The first-order valence-electron chi connectivity index (χ1n) is 36.5. The van der Waals surface area contributed by atoms with Crippen LogP contribution in [0.4, 0.5) is 8.78 Å². The third-order valence-corrected chi connectivity index (χ3v) is 20.0. The highest BCUT2D eigenvalue weighted by Crippen LogP contribution is 2.31. The molecule has 28 heteroatoms. The fraction of sp³-hybridized carbons (Fsp3) is 0.831. The first kappa shape index (κ1) is 84.8. The summed E-state index contributed by atoms with van der Waals surface area (Å²) in [7, 11) is 8.53. The topological polar surface area (TPSA) is 300 Å². The fourth-order valence-electron chi connectivity index (χ4n) is 13.8. The summed E-state index contributed by atoms with van der Waals surface area (Å²) in [4.78, 5) is 188. The van der Waals surface area contributed by atoms with Crippen molar-refractivity contribution in [3.05, 3.63) is 0 Å². The zero-order chi connectivity index (χ0) is 74.3. The molecular weight excluding hydrogens is 1280 g/mol. The van der Waals surface area contributed by atoms with Crippen LogP contribution in [-0.2, 0) is 62.3 Å². The monoisotopic (exact) mass is 1400 g/mol. The molecule has 1 saturated carbocycles. The first-order valence-corrected chi connectivity index (χ1v) is 36.5. The van der Waals surface area contributed by atoms with E-state index >= 15 is 24.0 Å². The first-order chi connectivity index (χ1) is 46.5. The van der Waals surface area contributed by atoms with Crippen LogP contribution in [0.5, 0.6) is 0 Å². The van der Waals surface area contributed by atoms with Crippen LogP contribution in [0, 0.1) is 29.6 Å². The molecule has 0 aromatic rings. The van der Waals surface area contributed by atoms with Crippen molar-refractivity contribution in [3.8, 4) is 0 Å². The van der Waals surface area contributed by atoms with Gasteiger partial charge in [0.2, 0.25) is 70.9 Å². The number of hydrogen-bond acceptors (Lipinski definition) is 14. The largest absolute Gasteiger partial charge is 0.377 e. The summed E-state index contributed by atoms with van der Waals surface area (Å²) in [6, 6.07) is -12.3. The van der Waals surface area contributed by atoms with E-state index in [4.69, 9.17) is 4.74 Å². The van der Waals surface area contributed by atoms with Gasteiger partial charge in [-0.3, -0.25) is 57.5 Å². The molecule has 1 aliphatic carbocycles. The van der Waals surface area contributed by atoms with Gasteiger partial charge in [-0.25, -0.2) is 8.78 Å². The van der Waals surface area contributed by atoms with Gasteiger partial charge in [0.15, 0.2) is 0 Å². The molecule has 10 atom stereocenters. The van der Waals surface area contributed by atoms with Crippen molar-refractivity contribution in [2.75, 3.05) is 94.8 Å². The van der Waals surface area contributed by atoms with Crippen molar-refractivity contribution in [1.29, 1.82) is 0 Å². The highest BCUT2D eigenvalue weighted by atomic mass is 19.3. The summed E-state index contributed by atoms with van der Waals surface area (Å²) in [5.74, 6) is -12.3. The normalized spacial score (nSPS) is 27.4. The number of carbonyl (C=O) groups is 12. The Kier molecular flexibility index (Phi) is 34.4. The Balaban J connectivity index is 1.92. The zero-order valence-electron chi connectivity index (χ0n) is 62.7. The summed E-state index contributed by atoms with van der Waals surface area (Å²) >= 11 is 0. The average Bonchev–Trinajstić information content (AvgIpc) is 1.51. The number of alkyl halides is 2. The van der Waals surface area contributed by atoms with Crippen molar-refractivity contribution < 1.29 is 71.1 Å². The van der Waals surface area contributed by atoms with E-state index in [1.165, 1.54) is 61.9 Å². The SMILES string of the molecule is CCCCN1CC(=O)N(C)[C@@H](CC2CCCCC2)C(=O)N(C)[C@@H](CC(C)C)C(=O)N[C@@H](CC(C)C)C(=O)N(C)[C@@H](CC(C)C)C(=O)N[C@H](C(=O)N2CCCCC2)CC(=O)N(C)CC(=O)N(C)[C@@H](CC)C(=O)N[C@@H](C(C)C)C(=O)N(C)[C@@H](CC)C(=O)N[C@@H](COC[C@@H]2CC(F)(F)CN2)C1=O. The molecule has 5 N–H and O–H groups in total. The number of ether oxygens (including phenoxy) is 1. The van der Waals surface area contributed by atoms with Gasteiger partial charge in [0.05, 0.1) is 39.3 Å². The van der Waals surface area contributed by atoms with Crippen LogP contribution in [0.1, 0.15) is 192 Å². The number of unbranched alkanes of at least 4 members (excludes halogenated alkanes) is 1. The number of nitrogens with zero attached hydrogens (tertiary/aromatic N) is 8. The smallest absolute Gasteiger partial charge is 0.261 e. The second kappa shape index (κ2) is 40.2. The molecule has 12 amide bonds. The quantitative estimate of drug-likeness (QED) is 0.121. The number of nitrogens with one attached hydrogen (secondary N) is 5. The minimum atomic E-state index is -3.01. The highest BCUT2D eigenvalue weighted by molar-refractivity contribution is 5.99. The number of amides is 12. The number of piperidine rings is 1. The van der Waals surface area contributed by atoms with E-state index in [0.29, 0.717) is 38.8 Å². The number of rotatable bonds is 19. The molecule has 26 nitrogen and oxygen atoms in total. The van der Waals surface area contributed by atoms with Gasteiger partial charge in [0, 0.05) is 74.4 Å². The predicted molar refractivity (Wildman–Crippen MR) is 372 cm³/mol. The lowest BCUT2D eigenvalue weighted by atomic mass is 9.84. The van der Waals surface area contributed by atoms with E-state index in [-0.39, 0.29) is 75.3 Å². The van der Waals surface area contributed by atoms with E-state index < -0.39 is 182 Å². The van der Waals surface area contributed by atoms with Gasteiger partial charge < -0.3 is 70.5 Å². The van der Waals surface area contributed by atoms with E-state index in [2.05, 4.69) is 26.6 Å². The fourth-order valence-corrected chi connectivity index (χ4v) is 13.8. The molecular formula is C71H123F2N13O13. The van der Waals surface area contributed by atoms with Crippen molar-refractivity contribution >= 4 is 70.9 Å². The molecule has 3 aliphatic heterocycles. The van der Waals surface area contributed by atoms with Gasteiger partial charge in [-0.2, -0.15) is 0 Å². The minimum absolute atomic E-state index is 0.00244. The predicted octanol–water partition coefficient (Wildman–Crippen LogP) is 4.16. The number of likely N-dealkylation sites (N-methyl/N-ethyl adjacent to an activating group) is 6. The summed E-state index contributed by atoms with van der Waals surface area (Å²) in [5.41, 5.74) is 0. The molecule has 0 aromatic carbocycles. The third kappa shape index (κ3) is 25.2. The molecule has 3 saturated heterocycles. The van der Waals surface area contributed by atoms with Crippen LogP contribution in [0.3, 0.4) is 0 Å². The lowest BCUT2D eigenvalue weighted by molar-refractivity contribution is -0.151. The molecule has 4 rings (SSSR count). The summed E-state index contributed by atoms with van der Waals surface area (Å²) in [6.45, 7) is 18.0. The Morgan fingerprint density at radius 1 is 0.535 bits per heavy atom. The van der Waals surface area contributed by atoms with E-state index in [1.807, 2.05) is 48.5 Å². The molecule has 4 aliphatic rings. The molecule has 99 heavy (non-hydrogen) atoms. The van der Waals surface area contributed by atoms with Crippen molar-refractivity contribution in [2.45, 2.75) is 258 Å². The van der Waals surface area contributed by atoms with E-state index in [1.54, 1.807) is 32.6 Å². The third-order valence-electron chi connectivity index (χ3n) is 20.0. The van der Waals surface area contributed by atoms with Crippen molar-refractivity contribution in [2.24, 2.45) is 29.6 Å². The molecule has 4 fully saturated rings. The Bertz CT molecular complexity index is 2730. The van der Waals surface area contributed by atoms with Gasteiger partial charge in [0.1, 0.15) is 54.4 Å². The second-order valence-electron chi connectivity index (χ2n) is 29.9. The Morgan fingerprint density at radius 3 is 1.57 bits per heavy atom. The molecule has 0 radical (unpaired) electrons. The van der Waals surface area contributed by atoms with Crippen LogP contribution in [-0.4, -0.2) is 271 Å². The van der Waals surface area contributed by atoms with Gasteiger partial charge in [-0.1, -0.05) is 115 Å². The number of hydrogen-bond donors (Lipinski definition) is 5. The standard InChI is InChI=1S/C71H123F2N13O13/c1-18-21-30-86-40-60(89)81(14)57(36-48-28-24-22-25-29-48)69(97)84(17)56(35-46(8)9)65(93)75-50(33-44(4)5)66(94)83(16)55(34-45(6)7)64(92)76-51(67(95)85-31-26-23-27-32-85)37-58(87)79(12)39-59(88)80(13)53(19-2)63(91)78-61(47(10)11)70(98)82(15)54(20-3)62(90)77-52(68(86)96)42-99-41-49-38-71(72,73)43-74-49/h44-57,61,74H,18-43H2,1-17H3,(H,75,93)(H,76,92)(H,77,90)(H,78,91)/t49-,50-,51-,52-,53-,54-,55-,56-,57-,61-/m0/s1. The molecule has 0 spiro atoms. The van der Waals surface area contributed by atoms with Gasteiger partial charge in [-0.05, 0) is 93.8 Å². The number of halogens is 2. The molecule has 0 unspecified atom stereocenters. The van der Waals surface area contributed by atoms with Crippen LogP contribution < -0.4 is 26.6 Å². The van der Waals surface area contributed by atoms with Crippen molar-refractivity contribution in [1.82, 2.24) is 65.8 Å². The lowest BCUT2D eigenvalue weighted by Crippen LogP contribution is -2.61. The summed E-state index contributed by atoms with van der Waals surface area (Å²) in [5, 5.41) is 14.1. The van der Waals surface area contributed by atoms with Gasteiger partial charge >= 0.3 is 0 Å². The Labute approximate surface area is 587 Å². The highest BCUT2D eigenvalue weighted by Gasteiger charge is 2.44. The summed E-state index contributed by atoms with van der Waals surface area (Å²) < 4.78 is 34.8. The number of carbonyl (C=O) groups excluding carboxylic acids is 12. The van der Waals surface area contributed by atoms with Crippen LogP contribution in [0.25, 0.3) is 0 Å². The van der Waals surface area contributed by atoms with Gasteiger partial charge in [0.25, 0.3) is 5.92 Å². The Hall–Kier alpha value is -6.58. The van der Waals surface area contributed by atoms with Crippen molar-refractivity contribution in [3.63, 3.8) is 0 Å². The maximum atomic E-state index is 15.5. The average molecular weight is 1400 g/mol. The molecule has 564 valence electrons. The molecule has 0 aromatic heterocycles. The molecule has 0 bridgehead atoms. The van der Waals surface area contributed by atoms with Crippen LogP contribution in [0.2, 0.25) is 0 Å². The Morgan fingerprint density at radius 2 is 1.03 bits per heavy atom. The van der Waals surface area contributed by atoms with Gasteiger partial charge in [-0.15, -0.1) is 0 Å². The second-order valence-corrected chi connectivity index (χ2v) is 29.9. The number of likely N-dealkylation sites (tertiary alicyclic amines) is 1.